The second-order valence-corrected chi connectivity index (χ2v) is 9.77. The van der Waals surface area contributed by atoms with Gasteiger partial charge < -0.3 is 9.80 Å². The number of carbonyl (C=O) groups excluding carboxylic acids is 1. The highest BCUT2D eigenvalue weighted by Gasteiger charge is 2.28. The lowest BCUT2D eigenvalue weighted by Gasteiger charge is -2.31. The lowest BCUT2D eigenvalue weighted by Crippen LogP contribution is -2.47. The SMILES string of the molecule is Cc1ccc(CN(C)C(=O)c2cc(S(=O)(=O)N3CCN(C)CC3)ccc2C)cc1. The Morgan fingerprint density at radius 1 is 1.00 bits per heavy atom. The molecule has 1 aliphatic rings. The molecular weight excluding hydrogens is 386 g/mol. The van der Waals surface area contributed by atoms with Gasteiger partial charge in [0.2, 0.25) is 10.0 Å². The number of benzene rings is 2. The maximum Gasteiger partial charge on any atom is 0.254 e. The van der Waals surface area contributed by atoms with Crippen LogP contribution in [0, 0.1) is 13.8 Å². The van der Waals surface area contributed by atoms with E-state index < -0.39 is 10.0 Å². The van der Waals surface area contributed by atoms with Gasteiger partial charge in [0.1, 0.15) is 0 Å². The fraction of sp³-hybridized carbons (Fsp3) is 0.409. The van der Waals surface area contributed by atoms with Gasteiger partial charge in [-0.15, -0.1) is 0 Å². The van der Waals surface area contributed by atoms with Crippen molar-refractivity contribution in [1.29, 1.82) is 0 Å². The van der Waals surface area contributed by atoms with Crippen LogP contribution < -0.4 is 0 Å². The molecule has 0 bridgehead atoms. The van der Waals surface area contributed by atoms with Crippen LogP contribution in [0.5, 0.6) is 0 Å². The minimum atomic E-state index is -3.61. The third-order valence-electron chi connectivity index (χ3n) is 5.43. The summed E-state index contributed by atoms with van der Waals surface area (Å²) in [6.07, 6.45) is 0. The van der Waals surface area contributed by atoms with Gasteiger partial charge in [0.25, 0.3) is 5.91 Å². The first-order chi connectivity index (χ1) is 13.7. The van der Waals surface area contributed by atoms with E-state index in [1.807, 2.05) is 45.2 Å². The van der Waals surface area contributed by atoms with E-state index in [9.17, 15) is 13.2 Å². The molecule has 1 amide bonds. The fourth-order valence-electron chi connectivity index (χ4n) is 3.41. The van der Waals surface area contributed by atoms with Crippen LogP contribution in [0.3, 0.4) is 0 Å². The number of carbonyl (C=O) groups is 1. The summed E-state index contributed by atoms with van der Waals surface area (Å²) in [6, 6.07) is 12.9. The standard InChI is InChI=1S/C22H29N3O3S/c1-17-5-8-19(9-6-17)16-24(4)22(26)21-15-20(10-7-18(21)2)29(27,28)25-13-11-23(3)12-14-25/h5-10,15H,11-14,16H2,1-4H3. The number of sulfonamides is 1. The number of piperazine rings is 1. The Bertz CT molecular complexity index is 979. The molecule has 6 nitrogen and oxygen atoms in total. The topological polar surface area (TPSA) is 60.9 Å². The molecule has 0 aliphatic carbocycles. The number of amides is 1. The van der Waals surface area contributed by atoms with Gasteiger partial charge >= 0.3 is 0 Å². The number of likely N-dealkylation sites (N-methyl/N-ethyl adjacent to an activating group) is 1. The van der Waals surface area contributed by atoms with Gasteiger partial charge in [-0.1, -0.05) is 35.9 Å². The third-order valence-corrected chi connectivity index (χ3v) is 7.32. The zero-order valence-corrected chi connectivity index (χ0v) is 18.4. The van der Waals surface area contributed by atoms with E-state index in [-0.39, 0.29) is 10.8 Å². The van der Waals surface area contributed by atoms with Crippen molar-refractivity contribution in [1.82, 2.24) is 14.1 Å². The van der Waals surface area contributed by atoms with E-state index in [0.29, 0.717) is 38.3 Å². The van der Waals surface area contributed by atoms with Gasteiger partial charge in [-0.05, 0) is 44.2 Å². The molecule has 1 heterocycles. The molecule has 0 atom stereocenters. The number of aryl methyl sites for hydroxylation is 2. The predicted octanol–water partition coefficient (Wildman–Crippen LogP) is 2.51. The Labute approximate surface area is 173 Å². The molecule has 0 radical (unpaired) electrons. The summed E-state index contributed by atoms with van der Waals surface area (Å²) in [6.45, 7) is 6.65. The van der Waals surface area contributed by atoms with E-state index >= 15 is 0 Å². The van der Waals surface area contributed by atoms with Crippen molar-refractivity contribution in [2.24, 2.45) is 0 Å². The molecule has 0 aromatic heterocycles. The minimum Gasteiger partial charge on any atom is -0.337 e. The summed E-state index contributed by atoms with van der Waals surface area (Å²) in [4.78, 5) is 17.0. The van der Waals surface area contributed by atoms with E-state index in [4.69, 9.17) is 0 Å². The van der Waals surface area contributed by atoms with Crippen LogP contribution in [0.2, 0.25) is 0 Å². The molecule has 7 heteroatoms. The van der Waals surface area contributed by atoms with Crippen LogP contribution in [-0.2, 0) is 16.6 Å². The Balaban J connectivity index is 1.82. The Kier molecular flexibility index (Phi) is 6.41. The molecule has 1 saturated heterocycles. The van der Waals surface area contributed by atoms with Gasteiger partial charge in [0, 0.05) is 45.3 Å². The second kappa shape index (κ2) is 8.65. The second-order valence-electron chi connectivity index (χ2n) is 7.83. The van der Waals surface area contributed by atoms with Crippen molar-refractivity contribution >= 4 is 15.9 Å². The first-order valence-electron chi connectivity index (χ1n) is 9.79. The van der Waals surface area contributed by atoms with Crippen molar-refractivity contribution in [2.45, 2.75) is 25.3 Å². The quantitative estimate of drug-likeness (QED) is 0.753. The minimum absolute atomic E-state index is 0.180. The highest BCUT2D eigenvalue weighted by Crippen LogP contribution is 2.22. The molecule has 3 rings (SSSR count). The summed E-state index contributed by atoms with van der Waals surface area (Å²) in [5.41, 5.74) is 3.39. The molecule has 1 fully saturated rings. The number of hydrogen-bond donors (Lipinski definition) is 0. The molecule has 0 spiro atoms. The van der Waals surface area contributed by atoms with E-state index in [1.54, 1.807) is 24.1 Å². The lowest BCUT2D eigenvalue weighted by molar-refractivity contribution is 0.0784. The van der Waals surface area contributed by atoms with Crippen LogP contribution in [-0.4, -0.2) is 68.7 Å². The maximum atomic E-state index is 13.1. The van der Waals surface area contributed by atoms with Crippen LogP contribution in [0.15, 0.2) is 47.4 Å². The largest absolute Gasteiger partial charge is 0.337 e. The fourth-order valence-corrected chi connectivity index (χ4v) is 4.86. The molecule has 2 aromatic carbocycles. The number of rotatable bonds is 5. The average Bonchev–Trinajstić information content (AvgIpc) is 2.69. The number of hydrogen-bond acceptors (Lipinski definition) is 4. The Morgan fingerprint density at radius 2 is 1.62 bits per heavy atom. The van der Waals surface area contributed by atoms with Crippen LogP contribution >= 0.6 is 0 Å². The monoisotopic (exact) mass is 415 g/mol. The van der Waals surface area contributed by atoms with Crippen molar-refractivity contribution in [3.05, 3.63) is 64.7 Å². The van der Waals surface area contributed by atoms with Gasteiger partial charge in [-0.2, -0.15) is 4.31 Å². The van der Waals surface area contributed by atoms with Crippen molar-refractivity contribution < 1.29 is 13.2 Å². The average molecular weight is 416 g/mol. The first kappa shape index (κ1) is 21.5. The normalized spacial score (nSPS) is 16.0. The molecule has 2 aromatic rings. The summed E-state index contributed by atoms with van der Waals surface area (Å²) in [5.74, 6) is -0.182. The van der Waals surface area contributed by atoms with Gasteiger partial charge in [0.05, 0.1) is 4.90 Å². The smallest absolute Gasteiger partial charge is 0.254 e. The summed E-state index contributed by atoms with van der Waals surface area (Å²) in [5, 5.41) is 0. The summed E-state index contributed by atoms with van der Waals surface area (Å²) in [7, 11) is 0.110. The maximum absolute atomic E-state index is 13.1. The Hall–Kier alpha value is -2.22. The van der Waals surface area contributed by atoms with Crippen LogP contribution in [0.1, 0.15) is 27.0 Å². The zero-order valence-electron chi connectivity index (χ0n) is 17.6. The third kappa shape index (κ3) is 4.86. The number of nitrogens with zero attached hydrogens (tertiary/aromatic N) is 3. The highest BCUT2D eigenvalue weighted by atomic mass is 32.2. The lowest BCUT2D eigenvalue weighted by atomic mass is 10.1. The molecule has 156 valence electrons. The molecular formula is C22H29N3O3S. The van der Waals surface area contributed by atoms with Gasteiger partial charge in [-0.25, -0.2) is 8.42 Å². The van der Waals surface area contributed by atoms with E-state index in [0.717, 1.165) is 11.1 Å². The van der Waals surface area contributed by atoms with Gasteiger partial charge in [-0.3, -0.25) is 4.79 Å². The van der Waals surface area contributed by atoms with Crippen LogP contribution in [0.25, 0.3) is 0 Å². The summed E-state index contributed by atoms with van der Waals surface area (Å²) >= 11 is 0. The zero-order chi connectivity index (χ0) is 21.2. The molecule has 1 aliphatic heterocycles. The predicted molar refractivity (Wildman–Crippen MR) is 114 cm³/mol. The Morgan fingerprint density at radius 3 is 2.24 bits per heavy atom. The highest BCUT2D eigenvalue weighted by molar-refractivity contribution is 7.89. The van der Waals surface area contributed by atoms with E-state index in [1.165, 1.54) is 15.9 Å². The van der Waals surface area contributed by atoms with Crippen molar-refractivity contribution in [3.8, 4) is 0 Å². The molecule has 29 heavy (non-hydrogen) atoms. The van der Waals surface area contributed by atoms with Gasteiger partial charge in [0.15, 0.2) is 0 Å². The summed E-state index contributed by atoms with van der Waals surface area (Å²) < 4.78 is 27.6. The van der Waals surface area contributed by atoms with Crippen molar-refractivity contribution in [2.75, 3.05) is 40.3 Å². The molecule has 0 unspecified atom stereocenters. The first-order valence-corrected chi connectivity index (χ1v) is 11.2. The van der Waals surface area contributed by atoms with Crippen molar-refractivity contribution in [3.63, 3.8) is 0 Å². The van der Waals surface area contributed by atoms with E-state index in [2.05, 4.69) is 4.90 Å². The molecule has 0 saturated carbocycles. The molecule has 0 N–H and O–H groups in total. The van der Waals surface area contributed by atoms with Crippen LogP contribution in [0.4, 0.5) is 0 Å².